The van der Waals surface area contributed by atoms with Crippen LogP contribution in [-0.2, 0) is 0 Å². The van der Waals surface area contributed by atoms with Crippen LogP contribution in [0.2, 0.25) is 0 Å². The average molecular weight is 215 g/mol. The molecule has 0 saturated heterocycles. The van der Waals surface area contributed by atoms with Crippen LogP contribution in [0.4, 0.5) is 5.69 Å². The zero-order valence-corrected chi connectivity index (χ0v) is 9.09. The fourth-order valence-corrected chi connectivity index (χ4v) is 1.37. The van der Waals surface area contributed by atoms with Crippen molar-refractivity contribution in [2.75, 3.05) is 18.0 Å². The maximum absolute atomic E-state index is 9.34. The number of hydrogen-bond acceptors (Lipinski definition) is 4. The van der Waals surface area contributed by atoms with Gasteiger partial charge in [0.05, 0.1) is 18.2 Å². The maximum Gasteiger partial charge on any atom is 0.106 e. The Kier molecular flexibility index (Phi) is 4.32. The SMILES string of the molecule is C[C@@H](O)c1ccc(N(CC#N)CC#N)cc1. The Hall–Kier alpha value is -2.04. The lowest BCUT2D eigenvalue weighted by molar-refractivity contribution is 0.199. The number of aliphatic hydroxyl groups excluding tert-OH is 1. The molecule has 16 heavy (non-hydrogen) atoms. The number of nitrogens with zero attached hydrogens (tertiary/aromatic N) is 3. The summed E-state index contributed by atoms with van der Waals surface area (Å²) in [5.74, 6) is 0. The van der Waals surface area contributed by atoms with Gasteiger partial charge in [-0.05, 0) is 24.6 Å². The third kappa shape index (κ3) is 2.98. The van der Waals surface area contributed by atoms with Crippen LogP contribution in [0.5, 0.6) is 0 Å². The molecule has 0 aliphatic carbocycles. The first-order valence-electron chi connectivity index (χ1n) is 4.96. The van der Waals surface area contributed by atoms with Crippen molar-refractivity contribution in [2.24, 2.45) is 0 Å². The van der Waals surface area contributed by atoms with Gasteiger partial charge in [-0.3, -0.25) is 0 Å². The second-order valence-electron chi connectivity index (χ2n) is 3.44. The highest BCUT2D eigenvalue weighted by molar-refractivity contribution is 5.49. The molecule has 0 saturated carbocycles. The Morgan fingerprint density at radius 1 is 1.19 bits per heavy atom. The predicted molar refractivity (Wildman–Crippen MR) is 60.5 cm³/mol. The van der Waals surface area contributed by atoms with Gasteiger partial charge in [-0.2, -0.15) is 10.5 Å². The second-order valence-corrected chi connectivity index (χ2v) is 3.44. The van der Waals surface area contributed by atoms with Crippen molar-refractivity contribution >= 4 is 5.69 Å². The van der Waals surface area contributed by atoms with E-state index in [1.54, 1.807) is 36.1 Å². The van der Waals surface area contributed by atoms with Crippen molar-refractivity contribution in [3.8, 4) is 12.1 Å². The van der Waals surface area contributed by atoms with Gasteiger partial charge in [-0.15, -0.1) is 0 Å². The van der Waals surface area contributed by atoms with Crippen molar-refractivity contribution in [3.05, 3.63) is 29.8 Å². The molecule has 1 aromatic rings. The van der Waals surface area contributed by atoms with E-state index in [2.05, 4.69) is 0 Å². The summed E-state index contributed by atoms with van der Waals surface area (Å²) in [7, 11) is 0. The fourth-order valence-electron chi connectivity index (χ4n) is 1.37. The Bertz CT molecular complexity index is 395. The van der Waals surface area contributed by atoms with Crippen molar-refractivity contribution in [2.45, 2.75) is 13.0 Å². The molecule has 1 rings (SSSR count). The summed E-state index contributed by atoms with van der Waals surface area (Å²) in [6.45, 7) is 2.06. The van der Waals surface area contributed by atoms with Crippen LogP contribution >= 0.6 is 0 Å². The van der Waals surface area contributed by atoms with Gasteiger partial charge < -0.3 is 10.0 Å². The van der Waals surface area contributed by atoms with Crippen molar-refractivity contribution in [3.63, 3.8) is 0 Å². The summed E-state index contributed by atoms with van der Waals surface area (Å²) in [6, 6.07) is 11.2. The highest BCUT2D eigenvalue weighted by Crippen LogP contribution is 2.18. The first kappa shape index (κ1) is 12.0. The summed E-state index contributed by atoms with van der Waals surface area (Å²) < 4.78 is 0. The van der Waals surface area contributed by atoms with Crippen molar-refractivity contribution < 1.29 is 5.11 Å². The largest absolute Gasteiger partial charge is 0.389 e. The van der Waals surface area contributed by atoms with E-state index in [9.17, 15) is 5.11 Å². The smallest absolute Gasteiger partial charge is 0.106 e. The third-order valence-corrected chi connectivity index (χ3v) is 2.26. The second kappa shape index (κ2) is 5.75. The van der Waals surface area contributed by atoms with E-state index >= 15 is 0 Å². The monoisotopic (exact) mass is 215 g/mol. The zero-order valence-electron chi connectivity index (χ0n) is 9.09. The highest BCUT2D eigenvalue weighted by Gasteiger charge is 2.06. The van der Waals surface area contributed by atoms with Gasteiger partial charge in [-0.25, -0.2) is 0 Å². The molecule has 1 aromatic carbocycles. The molecule has 0 spiro atoms. The fraction of sp³-hybridized carbons (Fsp3) is 0.333. The van der Waals surface area contributed by atoms with Crippen LogP contribution < -0.4 is 4.90 Å². The lowest BCUT2D eigenvalue weighted by atomic mass is 10.1. The van der Waals surface area contributed by atoms with Crippen LogP contribution in [0.25, 0.3) is 0 Å². The molecule has 1 atom stereocenters. The average Bonchev–Trinajstić information content (AvgIpc) is 2.29. The lowest BCUT2D eigenvalue weighted by Gasteiger charge is -2.18. The van der Waals surface area contributed by atoms with Crippen LogP contribution in [0.1, 0.15) is 18.6 Å². The van der Waals surface area contributed by atoms with E-state index < -0.39 is 6.10 Å². The van der Waals surface area contributed by atoms with E-state index in [0.29, 0.717) is 0 Å². The van der Waals surface area contributed by atoms with Gasteiger partial charge >= 0.3 is 0 Å². The summed E-state index contributed by atoms with van der Waals surface area (Å²) in [5, 5.41) is 26.6. The van der Waals surface area contributed by atoms with Gasteiger partial charge in [0.1, 0.15) is 13.1 Å². The van der Waals surface area contributed by atoms with E-state index in [1.165, 1.54) is 0 Å². The molecule has 0 aromatic heterocycles. The molecule has 0 heterocycles. The summed E-state index contributed by atoms with van der Waals surface area (Å²) in [4.78, 5) is 1.67. The molecule has 82 valence electrons. The number of benzene rings is 1. The van der Waals surface area contributed by atoms with Crippen LogP contribution in [-0.4, -0.2) is 18.2 Å². The van der Waals surface area contributed by atoms with Gasteiger partial charge in [0.15, 0.2) is 0 Å². The predicted octanol–water partition coefficient (Wildman–Crippen LogP) is 1.59. The number of nitriles is 2. The molecular formula is C12H13N3O. The minimum Gasteiger partial charge on any atom is -0.389 e. The van der Waals surface area contributed by atoms with E-state index in [0.717, 1.165) is 11.3 Å². The Morgan fingerprint density at radius 3 is 2.06 bits per heavy atom. The third-order valence-electron chi connectivity index (χ3n) is 2.26. The Labute approximate surface area is 95.0 Å². The molecule has 0 amide bonds. The lowest BCUT2D eigenvalue weighted by Crippen LogP contribution is -2.23. The molecule has 0 fully saturated rings. The molecule has 0 aliphatic rings. The maximum atomic E-state index is 9.34. The zero-order chi connectivity index (χ0) is 12.0. The standard InChI is InChI=1S/C12H13N3O/c1-10(16)11-2-4-12(5-3-11)15(8-6-13)9-7-14/h2-5,10,16H,8-9H2,1H3/t10-/m1/s1. The van der Waals surface area contributed by atoms with E-state index in [1.807, 2.05) is 12.1 Å². The normalized spacial score (nSPS) is 11.2. The summed E-state index contributed by atoms with van der Waals surface area (Å²) >= 11 is 0. The molecule has 0 aliphatic heterocycles. The van der Waals surface area contributed by atoms with Gasteiger partial charge in [0.25, 0.3) is 0 Å². The number of aliphatic hydroxyl groups is 1. The van der Waals surface area contributed by atoms with Gasteiger partial charge in [0, 0.05) is 5.69 Å². The minimum absolute atomic E-state index is 0.182. The van der Waals surface area contributed by atoms with Crippen LogP contribution in [0, 0.1) is 22.7 Å². The minimum atomic E-state index is -0.505. The first-order valence-corrected chi connectivity index (χ1v) is 4.96. The molecule has 4 nitrogen and oxygen atoms in total. The topological polar surface area (TPSA) is 71.0 Å². The molecular weight excluding hydrogens is 202 g/mol. The molecule has 1 N–H and O–H groups in total. The van der Waals surface area contributed by atoms with Gasteiger partial charge in [-0.1, -0.05) is 12.1 Å². The number of rotatable bonds is 4. The summed E-state index contributed by atoms with van der Waals surface area (Å²) in [6.07, 6.45) is -0.505. The summed E-state index contributed by atoms with van der Waals surface area (Å²) in [5.41, 5.74) is 1.63. The Balaban J connectivity index is 2.86. The quantitative estimate of drug-likeness (QED) is 0.774. The van der Waals surface area contributed by atoms with Crippen LogP contribution in [0.3, 0.4) is 0 Å². The van der Waals surface area contributed by atoms with Crippen LogP contribution in [0.15, 0.2) is 24.3 Å². The van der Waals surface area contributed by atoms with E-state index in [4.69, 9.17) is 10.5 Å². The first-order chi connectivity index (χ1) is 7.69. The van der Waals surface area contributed by atoms with E-state index in [-0.39, 0.29) is 13.1 Å². The highest BCUT2D eigenvalue weighted by atomic mass is 16.3. The molecule has 0 unspecified atom stereocenters. The van der Waals surface area contributed by atoms with Gasteiger partial charge in [0.2, 0.25) is 0 Å². The Morgan fingerprint density at radius 2 is 1.69 bits per heavy atom. The molecule has 4 heteroatoms. The van der Waals surface area contributed by atoms with Crippen molar-refractivity contribution in [1.29, 1.82) is 10.5 Å². The number of anilines is 1. The van der Waals surface area contributed by atoms with Crippen molar-refractivity contribution in [1.82, 2.24) is 0 Å². The molecule has 0 radical (unpaired) electrons. The number of hydrogen-bond donors (Lipinski definition) is 1. The molecule has 0 bridgehead atoms.